The largest absolute Gasteiger partial charge is 0.492 e. The lowest BCUT2D eigenvalue weighted by Gasteiger charge is -2.10. The lowest BCUT2D eigenvalue weighted by molar-refractivity contribution is 0.101. The summed E-state index contributed by atoms with van der Waals surface area (Å²) in [5.74, 6) is 0.642. The molecule has 0 heterocycles. The minimum atomic E-state index is 0.00613. The fourth-order valence-corrected chi connectivity index (χ4v) is 1.60. The molecule has 0 N–H and O–H groups in total. The van der Waals surface area contributed by atoms with Crippen LogP contribution in [0.5, 0.6) is 5.75 Å². The van der Waals surface area contributed by atoms with Crippen molar-refractivity contribution in [3.05, 3.63) is 40.4 Å². The number of rotatable bonds is 5. The van der Waals surface area contributed by atoms with E-state index in [0.717, 1.165) is 16.5 Å². The highest BCUT2D eigenvalue weighted by atomic mass is 79.9. The Morgan fingerprint density at radius 1 is 1.44 bits per heavy atom. The molecule has 16 heavy (non-hydrogen) atoms. The summed E-state index contributed by atoms with van der Waals surface area (Å²) in [6.07, 6.45) is 0.799. The number of benzene rings is 1. The van der Waals surface area contributed by atoms with Gasteiger partial charge in [-0.25, -0.2) is 0 Å². The number of ether oxygens (including phenoxy) is 1. The Bertz CT molecular complexity index is 410. The predicted molar refractivity (Wildman–Crippen MR) is 69.1 cm³/mol. The summed E-state index contributed by atoms with van der Waals surface area (Å²) in [6, 6.07) is 5.44. The lowest BCUT2D eigenvalue weighted by atomic mass is 10.1. The maximum atomic E-state index is 11.4. The van der Waals surface area contributed by atoms with Gasteiger partial charge in [-0.2, -0.15) is 0 Å². The molecule has 0 fully saturated rings. The average Bonchev–Trinajstić information content (AvgIpc) is 2.19. The van der Waals surface area contributed by atoms with Crippen LogP contribution in [0.25, 0.3) is 0 Å². The molecule has 0 saturated heterocycles. The van der Waals surface area contributed by atoms with Crippen molar-refractivity contribution in [1.29, 1.82) is 0 Å². The van der Waals surface area contributed by atoms with Gasteiger partial charge in [0.05, 0.1) is 12.2 Å². The van der Waals surface area contributed by atoms with Crippen molar-refractivity contribution in [2.24, 2.45) is 0 Å². The van der Waals surface area contributed by atoms with Gasteiger partial charge in [0.25, 0.3) is 0 Å². The smallest absolute Gasteiger partial charge is 0.163 e. The molecule has 0 bridgehead atoms. The Morgan fingerprint density at radius 2 is 2.12 bits per heavy atom. The van der Waals surface area contributed by atoms with Gasteiger partial charge in [-0.1, -0.05) is 21.5 Å². The number of carbonyl (C=O) groups is 1. The molecule has 0 radical (unpaired) electrons. The zero-order valence-electron chi connectivity index (χ0n) is 9.55. The molecule has 1 aromatic carbocycles. The van der Waals surface area contributed by atoms with E-state index in [2.05, 4.69) is 22.5 Å². The van der Waals surface area contributed by atoms with Crippen LogP contribution in [-0.4, -0.2) is 12.4 Å². The number of halogens is 1. The number of ketones is 1. The minimum absolute atomic E-state index is 0.00613. The molecule has 1 rings (SSSR count). The van der Waals surface area contributed by atoms with Crippen LogP contribution in [0.3, 0.4) is 0 Å². The van der Waals surface area contributed by atoms with Crippen molar-refractivity contribution in [2.75, 3.05) is 6.61 Å². The fraction of sp³-hybridized carbons (Fsp3) is 0.308. The monoisotopic (exact) mass is 282 g/mol. The van der Waals surface area contributed by atoms with E-state index < -0.39 is 0 Å². The van der Waals surface area contributed by atoms with Crippen molar-refractivity contribution in [3.63, 3.8) is 0 Å². The molecule has 0 spiro atoms. The molecule has 3 heteroatoms. The fourth-order valence-electron chi connectivity index (χ4n) is 1.24. The van der Waals surface area contributed by atoms with E-state index in [4.69, 9.17) is 4.74 Å². The molecule has 0 saturated carbocycles. The van der Waals surface area contributed by atoms with Crippen molar-refractivity contribution in [2.45, 2.75) is 20.3 Å². The molecule has 0 aromatic heterocycles. The number of carbonyl (C=O) groups excluding carboxylic acids is 1. The van der Waals surface area contributed by atoms with E-state index in [1.807, 2.05) is 13.0 Å². The Balaban J connectivity index is 2.78. The second kappa shape index (κ2) is 5.85. The minimum Gasteiger partial charge on any atom is -0.492 e. The Labute approximate surface area is 104 Å². The van der Waals surface area contributed by atoms with Gasteiger partial charge >= 0.3 is 0 Å². The van der Waals surface area contributed by atoms with Crippen molar-refractivity contribution in [3.8, 4) is 5.75 Å². The van der Waals surface area contributed by atoms with Gasteiger partial charge in [0.2, 0.25) is 0 Å². The highest BCUT2D eigenvalue weighted by molar-refractivity contribution is 9.10. The highest BCUT2D eigenvalue weighted by Crippen LogP contribution is 2.24. The molecule has 0 unspecified atom stereocenters. The van der Waals surface area contributed by atoms with E-state index in [-0.39, 0.29) is 5.78 Å². The van der Waals surface area contributed by atoms with Crippen molar-refractivity contribution >= 4 is 21.7 Å². The summed E-state index contributed by atoms with van der Waals surface area (Å²) in [5, 5.41) is 0. The van der Waals surface area contributed by atoms with Gasteiger partial charge in [0, 0.05) is 10.9 Å². The van der Waals surface area contributed by atoms with E-state index in [1.54, 1.807) is 12.1 Å². The Morgan fingerprint density at radius 3 is 2.69 bits per heavy atom. The second-order valence-electron chi connectivity index (χ2n) is 3.75. The first-order chi connectivity index (χ1) is 7.50. The molecule has 0 atom stereocenters. The molecular weight excluding hydrogens is 268 g/mol. The van der Waals surface area contributed by atoms with E-state index in [1.165, 1.54) is 6.92 Å². The SMILES string of the molecule is C=C(C)CCOc1ccc(Br)cc1C(C)=O. The lowest BCUT2D eigenvalue weighted by Crippen LogP contribution is -2.03. The molecular formula is C13H15BrO2. The van der Waals surface area contributed by atoms with Crippen LogP contribution < -0.4 is 4.74 Å². The summed E-state index contributed by atoms with van der Waals surface area (Å²) in [4.78, 5) is 11.4. The molecule has 0 aliphatic carbocycles. The summed E-state index contributed by atoms with van der Waals surface area (Å²) in [6.45, 7) is 7.85. The Hall–Kier alpha value is -1.09. The predicted octanol–water partition coefficient (Wildman–Crippen LogP) is 4.00. The Kier molecular flexibility index (Phi) is 4.74. The van der Waals surface area contributed by atoms with Crippen molar-refractivity contribution < 1.29 is 9.53 Å². The average molecular weight is 283 g/mol. The zero-order valence-corrected chi connectivity index (χ0v) is 11.1. The maximum Gasteiger partial charge on any atom is 0.163 e. The molecule has 86 valence electrons. The first kappa shape index (κ1) is 13.0. The van der Waals surface area contributed by atoms with Crippen molar-refractivity contribution in [1.82, 2.24) is 0 Å². The van der Waals surface area contributed by atoms with Crippen LogP contribution in [-0.2, 0) is 0 Å². The first-order valence-electron chi connectivity index (χ1n) is 5.08. The van der Waals surface area contributed by atoms with E-state index >= 15 is 0 Å². The summed E-state index contributed by atoms with van der Waals surface area (Å²) < 4.78 is 6.44. The standard InChI is InChI=1S/C13H15BrO2/c1-9(2)6-7-16-13-5-4-11(14)8-12(13)10(3)15/h4-5,8H,1,6-7H2,2-3H3. The van der Waals surface area contributed by atoms with Crippen LogP contribution >= 0.6 is 15.9 Å². The van der Waals surface area contributed by atoms with Crippen LogP contribution in [0.4, 0.5) is 0 Å². The first-order valence-corrected chi connectivity index (χ1v) is 5.87. The number of hydrogen-bond acceptors (Lipinski definition) is 2. The van der Waals surface area contributed by atoms with Crippen LogP contribution in [0.15, 0.2) is 34.8 Å². The third kappa shape index (κ3) is 3.81. The highest BCUT2D eigenvalue weighted by Gasteiger charge is 2.08. The molecule has 0 aliphatic rings. The topological polar surface area (TPSA) is 26.3 Å². The van der Waals surface area contributed by atoms with Gasteiger partial charge in [0.1, 0.15) is 5.75 Å². The molecule has 2 nitrogen and oxygen atoms in total. The van der Waals surface area contributed by atoms with Crippen LogP contribution in [0, 0.1) is 0 Å². The van der Waals surface area contributed by atoms with Crippen LogP contribution in [0.2, 0.25) is 0 Å². The third-order valence-electron chi connectivity index (χ3n) is 2.11. The van der Waals surface area contributed by atoms with Gasteiger partial charge < -0.3 is 4.74 Å². The van der Waals surface area contributed by atoms with Gasteiger partial charge in [-0.05, 0) is 32.0 Å². The second-order valence-corrected chi connectivity index (χ2v) is 4.67. The van der Waals surface area contributed by atoms with E-state index in [9.17, 15) is 4.79 Å². The normalized spacial score (nSPS) is 9.94. The maximum absolute atomic E-state index is 11.4. The summed E-state index contributed by atoms with van der Waals surface area (Å²) in [7, 11) is 0. The third-order valence-corrected chi connectivity index (χ3v) is 2.60. The van der Waals surface area contributed by atoms with Gasteiger partial charge in [0.15, 0.2) is 5.78 Å². The van der Waals surface area contributed by atoms with Gasteiger partial charge in [-0.3, -0.25) is 4.79 Å². The molecule has 1 aromatic rings. The van der Waals surface area contributed by atoms with E-state index in [0.29, 0.717) is 17.9 Å². The number of hydrogen-bond donors (Lipinski definition) is 0. The summed E-state index contributed by atoms with van der Waals surface area (Å²) >= 11 is 3.33. The number of Topliss-reactive ketones (excluding diaryl/α,β-unsaturated/α-hetero) is 1. The van der Waals surface area contributed by atoms with Crippen LogP contribution in [0.1, 0.15) is 30.6 Å². The molecule has 0 amide bonds. The quantitative estimate of drug-likeness (QED) is 0.603. The molecule has 0 aliphatic heterocycles. The zero-order chi connectivity index (χ0) is 12.1. The van der Waals surface area contributed by atoms with Gasteiger partial charge in [-0.15, -0.1) is 6.58 Å². The summed E-state index contributed by atoms with van der Waals surface area (Å²) in [5.41, 5.74) is 1.68.